The van der Waals surface area contributed by atoms with Crippen LogP contribution in [0.2, 0.25) is 0 Å². The molecule has 3 heteroatoms. The van der Waals surface area contributed by atoms with E-state index in [-0.39, 0.29) is 6.04 Å². The summed E-state index contributed by atoms with van der Waals surface area (Å²) in [4.78, 5) is 0. The number of hydrogen-bond donors (Lipinski definition) is 1. The monoisotopic (exact) mass is 275 g/mol. The molecule has 2 nitrogen and oxygen atoms in total. The van der Waals surface area contributed by atoms with Crippen LogP contribution in [0.25, 0.3) is 0 Å². The van der Waals surface area contributed by atoms with Crippen molar-refractivity contribution in [2.45, 2.75) is 26.3 Å². The zero-order chi connectivity index (χ0) is 13.5. The molecular formula is C16H21NOS. The number of benzene rings is 1. The van der Waals surface area contributed by atoms with Gasteiger partial charge in [0.25, 0.3) is 0 Å². The van der Waals surface area contributed by atoms with Gasteiger partial charge in [-0.15, -0.1) is 0 Å². The van der Waals surface area contributed by atoms with Crippen molar-refractivity contribution >= 4 is 11.3 Å². The summed E-state index contributed by atoms with van der Waals surface area (Å²) in [5.74, 6) is 0.950. The summed E-state index contributed by atoms with van der Waals surface area (Å²) in [6, 6.07) is 10.9. The Morgan fingerprint density at radius 3 is 2.47 bits per heavy atom. The number of ether oxygens (including phenoxy) is 1. The molecule has 19 heavy (non-hydrogen) atoms. The van der Waals surface area contributed by atoms with Gasteiger partial charge < -0.3 is 10.1 Å². The second-order valence-corrected chi connectivity index (χ2v) is 5.24. The van der Waals surface area contributed by atoms with Gasteiger partial charge in [-0.2, -0.15) is 11.3 Å². The largest absolute Gasteiger partial charge is 0.494 e. The van der Waals surface area contributed by atoms with E-state index in [9.17, 15) is 0 Å². The normalized spacial score (nSPS) is 12.3. The van der Waals surface area contributed by atoms with E-state index in [2.05, 4.69) is 60.3 Å². The summed E-state index contributed by atoms with van der Waals surface area (Å²) in [7, 11) is 0. The van der Waals surface area contributed by atoms with Crippen LogP contribution >= 0.6 is 11.3 Å². The molecule has 0 saturated carbocycles. The van der Waals surface area contributed by atoms with E-state index < -0.39 is 0 Å². The smallest absolute Gasteiger partial charge is 0.119 e. The summed E-state index contributed by atoms with van der Waals surface area (Å²) < 4.78 is 5.62. The maximum atomic E-state index is 5.62. The average Bonchev–Trinajstić information content (AvgIpc) is 2.97. The Balaban J connectivity index is 2.13. The van der Waals surface area contributed by atoms with Crippen molar-refractivity contribution in [3.05, 3.63) is 52.2 Å². The molecule has 1 atom stereocenters. The minimum atomic E-state index is 0.275. The zero-order valence-corrected chi connectivity index (χ0v) is 12.4. The molecule has 1 aromatic heterocycles. The third kappa shape index (κ3) is 3.82. The highest BCUT2D eigenvalue weighted by molar-refractivity contribution is 7.08. The van der Waals surface area contributed by atoms with Gasteiger partial charge in [0, 0.05) is 0 Å². The molecule has 0 radical (unpaired) electrons. The molecule has 0 amide bonds. The fourth-order valence-corrected chi connectivity index (χ4v) is 2.73. The molecule has 0 saturated heterocycles. The van der Waals surface area contributed by atoms with E-state index in [0.717, 1.165) is 25.3 Å². The molecule has 0 aliphatic heterocycles. The van der Waals surface area contributed by atoms with Crippen molar-refractivity contribution in [1.29, 1.82) is 0 Å². The van der Waals surface area contributed by atoms with Crippen LogP contribution in [0.5, 0.6) is 5.75 Å². The molecule has 2 aromatic rings. The van der Waals surface area contributed by atoms with Gasteiger partial charge in [-0.05, 0) is 53.1 Å². The Kier molecular flexibility index (Phi) is 5.43. The molecule has 0 aliphatic carbocycles. The van der Waals surface area contributed by atoms with Crippen LogP contribution < -0.4 is 10.1 Å². The van der Waals surface area contributed by atoms with Gasteiger partial charge in [-0.25, -0.2) is 0 Å². The van der Waals surface area contributed by atoms with Crippen molar-refractivity contribution in [2.75, 3.05) is 13.2 Å². The number of nitrogens with one attached hydrogen (secondary N) is 1. The first-order chi connectivity index (χ1) is 9.35. The Labute approximate surface area is 119 Å². The molecule has 0 fully saturated rings. The predicted octanol–water partition coefficient (Wildman–Crippen LogP) is 4.24. The van der Waals surface area contributed by atoms with Crippen LogP contribution in [0.15, 0.2) is 41.1 Å². The fraction of sp³-hybridized carbons (Fsp3) is 0.375. The first-order valence-electron chi connectivity index (χ1n) is 6.83. The van der Waals surface area contributed by atoms with Crippen molar-refractivity contribution in [3.8, 4) is 5.75 Å². The zero-order valence-electron chi connectivity index (χ0n) is 11.6. The van der Waals surface area contributed by atoms with E-state index in [1.807, 2.05) is 0 Å². The summed E-state index contributed by atoms with van der Waals surface area (Å²) >= 11 is 1.74. The van der Waals surface area contributed by atoms with Crippen LogP contribution in [0.4, 0.5) is 0 Å². The first-order valence-corrected chi connectivity index (χ1v) is 7.77. The predicted molar refractivity (Wildman–Crippen MR) is 82.1 cm³/mol. The van der Waals surface area contributed by atoms with Gasteiger partial charge in [0.2, 0.25) is 0 Å². The highest BCUT2D eigenvalue weighted by Gasteiger charge is 2.13. The molecule has 1 unspecified atom stereocenters. The molecule has 2 rings (SSSR count). The fourth-order valence-electron chi connectivity index (χ4n) is 2.05. The van der Waals surface area contributed by atoms with Crippen LogP contribution in [0.1, 0.15) is 37.4 Å². The Morgan fingerprint density at radius 1 is 1.11 bits per heavy atom. The second-order valence-electron chi connectivity index (χ2n) is 4.46. The summed E-state index contributed by atoms with van der Waals surface area (Å²) in [6.07, 6.45) is 1.04. The minimum absolute atomic E-state index is 0.275. The van der Waals surface area contributed by atoms with Gasteiger partial charge >= 0.3 is 0 Å². The third-order valence-electron chi connectivity index (χ3n) is 2.97. The van der Waals surface area contributed by atoms with Gasteiger partial charge in [0.1, 0.15) is 5.75 Å². The number of rotatable bonds is 7. The van der Waals surface area contributed by atoms with Crippen LogP contribution in [-0.4, -0.2) is 13.2 Å². The number of hydrogen-bond acceptors (Lipinski definition) is 3. The molecule has 1 N–H and O–H groups in total. The van der Waals surface area contributed by atoms with Crippen LogP contribution in [0, 0.1) is 0 Å². The molecule has 1 heterocycles. The highest BCUT2D eigenvalue weighted by Crippen LogP contribution is 2.25. The summed E-state index contributed by atoms with van der Waals surface area (Å²) in [5, 5.41) is 7.86. The van der Waals surface area contributed by atoms with E-state index in [1.165, 1.54) is 11.1 Å². The van der Waals surface area contributed by atoms with Gasteiger partial charge in [0.05, 0.1) is 12.6 Å². The maximum absolute atomic E-state index is 5.62. The van der Waals surface area contributed by atoms with Gasteiger partial charge in [0.15, 0.2) is 0 Å². The SMILES string of the molecule is CCCOc1ccc(C(NCC)c2ccsc2)cc1. The van der Waals surface area contributed by atoms with Crippen molar-refractivity contribution in [1.82, 2.24) is 5.32 Å². The molecule has 0 aliphatic rings. The van der Waals surface area contributed by atoms with Gasteiger partial charge in [-0.3, -0.25) is 0 Å². The molecule has 0 spiro atoms. The highest BCUT2D eigenvalue weighted by atomic mass is 32.1. The minimum Gasteiger partial charge on any atom is -0.494 e. The van der Waals surface area contributed by atoms with Crippen LogP contribution in [0.3, 0.4) is 0 Å². The lowest BCUT2D eigenvalue weighted by Gasteiger charge is -2.17. The van der Waals surface area contributed by atoms with E-state index in [1.54, 1.807) is 11.3 Å². The lowest BCUT2D eigenvalue weighted by Crippen LogP contribution is -2.21. The maximum Gasteiger partial charge on any atom is 0.119 e. The standard InChI is InChI=1S/C16H21NOS/c1-3-10-18-15-7-5-13(6-8-15)16(17-4-2)14-9-11-19-12-14/h5-9,11-12,16-17H,3-4,10H2,1-2H3. The Hall–Kier alpha value is -1.32. The number of thiophene rings is 1. The lowest BCUT2D eigenvalue weighted by molar-refractivity contribution is 0.317. The topological polar surface area (TPSA) is 21.3 Å². The van der Waals surface area contributed by atoms with Gasteiger partial charge in [-0.1, -0.05) is 26.0 Å². The van der Waals surface area contributed by atoms with E-state index >= 15 is 0 Å². The van der Waals surface area contributed by atoms with Crippen LogP contribution in [-0.2, 0) is 0 Å². The first kappa shape index (κ1) is 14.1. The molecule has 1 aromatic carbocycles. The molecule has 0 bridgehead atoms. The van der Waals surface area contributed by atoms with Crippen molar-refractivity contribution in [2.24, 2.45) is 0 Å². The quantitative estimate of drug-likeness (QED) is 0.816. The third-order valence-corrected chi connectivity index (χ3v) is 3.67. The second kappa shape index (κ2) is 7.31. The Morgan fingerprint density at radius 2 is 1.89 bits per heavy atom. The van der Waals surface area contributed by atoms with Crippen molar-refractivity contribution in [3.63, 3.8) is 0 Å². The summed E-state index contributed by atoms with van der Waals surface area (Å²) in [6.45, 7) is 5.99. The van der Waals surface area contributed by atoms with E-state index in [4.69, 9.17) is 4.74 Å². The average molecular weight is 275 g/mol. The Bertz CT molecular complexity index is 464. The molecular weight excluding hydrogens is 254 g/mol. The summed E-state index contributed by atoms with van der Waals surface area (Å²) in [5.41, 5.74) is 2.61. The van der Waals surface area contributed by atoms with Crippen molar-refractivity contribution < 1.29 is 4.74 Å². The lowest BCUT2D eigenvalue weighted by atomic mass is 10.0. The van der Waals surface area contributed by atoms with E-state index in [0.29, 0.717) is 0 Å². The molecule has 102 valence electrons.